The normalized spacial score (nSPS) is 16.3. The molecule has 2 N–H and O–H groups in total. The van der Waals surface area contributed by atoms with Gasteiger partial charge >= 0.3 is 0 Å². The van der Waals surface area contributed by atoms with E-state index in [9.17, 15) is 5.11 Å². The molecule has 0 heterocycles. The fraction of sp³-hybridized carbons (Fsp3) is 0.600. The van der Waals surface area contributed by atoms with Crippen LogP contribution in [0.4, 0.5) is 0 Å². The molecule has 102 valence electrons. The maximum Gasteiger partial charge on any atom is 0.0564 e. The van der Waals surface area contributed by atoms with Crippen LogP contribution in [0.15, 0.2) is 24.3 Å². The summed E-state index contributed by atoms with van der Waals surface area (Å²) in [5, 5.41) is 13.2. The Hall–Kier alpha value is -0.510. The highest BCUT2D eigenvalue weighted by molar-refractivity contribution is 7.99. The summed E-state index contributed by atoms with van der Waals surface area (Å²) in [6.07, 6.45) is 3.10. The molecule has 1 rings (SSSR count). The van der Waals surface area contributed by atoms with Gasteiger partial charge in [0, 0.05) is 17.3 Å². The third kappa shape index (κ3) is 4.30. The Kier molecular flexibility index (Phi) is 6.76. The molecule has 0 spiro atoms. The Morgan fingerprint density at radius 2 is 1.89 bits per heavy atom. The molecule has 0 saturated carbocycles. The Labute approximate surface area is 115 Å². The minimum Gasteiger partial charge on any atom is -0.395 e. The second-order valence-corrected chi connectivity index (χ2v) is 5.86. The number of hydrogen-bond acceptors (Lipinski definition) is 3. The molecule has 0 bridgehead atoms. The maximum absolute atomic E-state index is 9.33. The number of aryl methyl sites for hydroxylation is 1. The van der Waals surface area contributed by atoms with Crippen molar-refractivity contribution in [2.24, 2.45) is 0 Å². The van der Waals surface area contributed by atoms with Crippen LogP contribution in [0, 0.1) is 6.92 Å². The molecule has 3 unspecified atom stereocenters. The quantitative estimate of drug-likeness (QED) is 0.796. The standard InChI is InChI=1S/C15H25NOS/c1-5-14(13-8-6-11(2)7-9-13)16-12(3)15(10-17)18-4/h6-9,12,14-17H,5,10H2,1-4H3. The van der Waals surface area contributed by atoms with Crippen LogP contribution in [0.1, 0.15) is 37.4 Å². The molecule has 0 radical (unpaired) electrons. The molecule has 0 aliphatic rings. The van der Waals surface area contributed by atoms with Crippen molar-refractivity contribution in [3.8, 4) is 0 Å². The lowest BCUT2D eigenvalue weighted by atomic mass is 10.0. The van der Waals surface area contributed by atoms with E-state index in [0.29, 0.717) is 12.1 Å². The van der Waals surface area contributed by atoms with Crippen LogP contribution in [-0.4, -0.2) is 29.3 Å². The van der Waals surface area contributed by atoms with Gasteiger partial charge in [0.05, 0.1) is 6.61 Å². The molecule has 1 aromatic carbocycles. The topological polar surface area (TPSA) is 32.3 Å². The van der Waals surface area contributed by atoms with Crippen molar-refractivity contribution < 1.29 is 5.11 Å². The minimum atomic E-state index is 0.222. The number of nitrogens with one attached hydrogen (secondary N) is 1. The van der Waals surface area contributed by atoms with Crippen molar-refractivity contribution in [1.29, 1.82) is 0 Å². The molecule has 1 aromatic rings. The van der Waals surface area contributed by atoms with Gasteiger partial charge in [-0.3, -0.25) is 0 Å². The molecular weight excluding hydrogens is 242 g/mol. The maximum atomic E-state index is 9.33. The molecular formula is C15H25NOS. The zero-order valence-corrected chi connectivity index (χ0v) is 12.6. The van der Waals surface area contributed by atoms with E-state index in [1.807, 2.05) is 6.26 Å². The van der Waals surface area contributed by atoms with Crippen molar-refractivity contribution in [3.63, 3.8) is 0 Å². The Morgan fingerprint density at radius 3 is 2.33 bits per heavy atom. The molecule has 0 amide bonds. The monoisotopic (exact) mass is 267 g/mol. The summed E-state index contributed by atoms with van der Waals surface area (Å²) in [7, 11) is 0. The van der Waals surface area contributed by atoms with Gasteiger partial charge in [0.25, 0.3) is 0 Å². The van der Waals surface area contributed by atoms with E-state index in [2.05, 4.69) is 50.4 Å². The van der Waals surface area contributed by atoms with Gasteiger partial charge in [-0.05, 0) is 32.1 Å². The van der Waals surface area contributed by atoms with Crippen molar-refractivity contribution in [2.45, 2.75) is 44.5 Å². The molecule has 3 atom stereocenters. The first-order valence-corrected chi connectivity index (χ1v) is 7.87. The SMILES string of the molecule is CCC(NC(C)C(CO)SC)c1ccc(C)cc1. The molecule has 0 aliphatic heterocycles. The number of aliphatic hydroxyl groups is 1. The van der Waals surface area contributed by atoms with Crippen LogP contribution in [0.5, 0.6) is 0 Å². The average molecular weight is 267 g/mol. The van der Waals surface area contributed by atoms with Gasteiger partial charge in [0.2, 0.25) is 0 Å². The van der Waals surface area contributed by atoms with Gasteiger partial charge in [0.1, 0.15) is 0 Å². The minimum absolute atomic E-state index is 0.222. The van der Waals surface area contributed by atoms with Gasteiger partial charge in [-0.15, -0.1) is 0 Å². The third-order valence-electron chi connectivity index (χ3n) is 3.39. The van der Waals surface area contributed by atoms with Gasteiger partial charge in [0.15, 0.2) is 0 Å². The smallest absolute Gasteiger partial charge is 0.0564 e. The second-order valence-electron chi connectivity index (χ2n) is 4.78. The lowest BCUT2D eigenvalue weighted by molar-refractivity contribution is 0.269. The van der Waals surface area contributed by atoms with E-state index in [0.717, 1.165) is 6.42 Å². The summed E-state index contributed by atoms with van der Waals surface area (Å²) >= 11 is 1.72. The fourth-order valence-electron chi connectivity index (χ4n) is 2.11. The van der Waals surface area contributed by atoms with Crippen molar-refractivity contribution in [2.75, 3.05) is 12.9 Å². The first-order valence-electron chi connectivity index (χ1n) is 6.58. The summed E-state index contributed by atoms with van der Waals surface area (Å²) in [6.45, 7) is 6.67. The molecule has 0 fully saturated rings. The summed E-state index contributed by atoms with van der Waals surface area (Å²) in [6, 6.07) is 9.36. The molecule has 0 saturated heterocycles. The highest BCUT2D eigenvalue weighted by Crippen LogP contribution is 2.20. The Bertz CT molecular complexity index is 335. The van der Waals surface area contributed by atoms with E-state index in [1.54, 1.807) is 11.8 Å². The van der Waals surface area contributed by atoms with Crippen LogP contribution in [0.2, 0.25) is 0 Å². The fourth-order valence-corrected chi connectivity index (χ4v) is 2.75. The highest BCUT2D eigenvalue weighted by Gasteiger charge is 2.19. The number of thioether (sulfide) groups is 1. The first kappa shape index (κ1) is 15.5. The van der Waals surface area contributed by atoms with Crippen molar-refractivity contribution in [3.05, 3.63) is 35.4 Å². The zero-order chi connectivity index (χ0) is 13.5. The lowest BCUT2D eigenvalue weighted by Gasteiger charge is -2.27. The van der Waals surface area contributed by atoms with Gasteiger partial charge in [-0.25, -0.2) is 0 Å². The first-order chi connectivity index (χ1) is 8.62. The van der Waals surface area contributed by atoms with E-state index in [-0.39, 0.29) is 11.9 Å². The van der Waals surface area contributed by atoms with Crippen LogP contribution < -0.4 is 5.32 Å². The van der Waals surface area contributed by atoms with Crippen LogP contribution in [0.3, 0.4) is 0 Å². The average Bonchev–Trinajstić information content (AvgIpc) is 2.38. The lowest BCUT2D eigenvalue weighted by Crippen LogP contribution is -2.39. The molecule has 3 heteroatoms. The molecule has 18 heavy (non-hydrogen) atoms. The molecule has 0 aliphatic carbocycles. The Balaban J connectivity index is 2.69. The van der Waals surface area contributed by atoms with E-state index < -0.39 is 0 Å². The number of rotatable bonds is 7. The molecule has 0 aromatic heterocycles. The van der Waals surface area contributed by atoms with E-state index in [4.69, 9.17) is 0 Å². The van der Waals surface area contributed by atoms with Crippen LogP contribution in [0.25, 0.3) is 0 Å². The Morgan fingerprint density at radius 1 is 1.28 bits per heavy atom. The third-order valence-corrected chi connectivity index (χ3v) is 4.56. The van der Waals surface area contributed by atoms with E-state index >= 15 is 0 Å². The van der Waals surface area contributed by atoms with Crippen LogP contribution in [-0.2, 0) is 0 Å². The van der Waals surface area contributed by atoms with Gasteiger partial charge in [-0.1, -0.05) is 36.8 Å². The summed E-state index contributed by atoms with van der Waals surface area (Å²) in [5.41, 5.74) is 2.62. The largest absolute Gasteiger partial charge is 0.395 e. The number of aliphatic hydroxyl groups excluding tert-OH is 1. The van der Waals surface area contributed by atoms with Crippen molar-refractivity contribution in [1.82, 2.24) is 5.32 Å². The zero-order valence-electron chi connectivity index (χ0n) is 11.8. The van der Waals surface area contributed by atoms with E-state index in [1.165, 1.54) is 11.1 Å². The number of hydrogen-bond donors (Lipinski definition) is 2. The van der Waals surface area contributed by atoms with Crippen LogP contribution >= 0.6 is 11.8 Å². The second kappa shape index (κ2) is 7.82. The highest BCUT2D eigenvalue weighted by atomic mass is 32.2. The molecule has 2 nitrogen and oxygen atoms in total. The predicted molar refractivity (Wildman–Crippen MR) is 81.2 cm³/mol. The summed E-state index contributed by atoms with van der Waals surface area (Å²) in [4.78, 5) is 0. The summed E-state index contributed by atoms with van der Waals surface area (Å²) < 4.78 is 0. The van der Waals surface area contributed by atoms with Crippen molar-refractivity contribution >= 4 is 11.8 Å². The number of benzene rings is 1. The van der Waals surface area contributed by atoms with Gasteiger partial charge < -0.3 is 10.4 Å². The van der Waals surface area contributed by atoms with Gasteiger partial charge in [-0.2, -0.15) is 11.8 Å². The predicted octanol–water partition coefficient (Wildman–Crippen LogP) is 3.15. The summed E-state index contributed by atoms with van der Waals surface area (Å²) in [5.74, 6) is 0.